The van der Waals surface area contributed by atoms with Gasteiger partial charge in [0.2, 0.25) is 0 Å². The van der Waals surface area contributed by atoms with E-state index >= 15 is 0 Å². The molecule has 15 heavy (non-hydrogen) atoms. The summed E-state index contributed by atoms with van der Waals surface area (Å²) < 4.78 is 5.76. The van der Waals surface area contributed by atoms with Crippen molar-refractivity contribution in [2.45, 2.75) is 26.4 Å². The topological polar surface area (TPSA) is 35.0 Å². The average Bonchev–Trinajstić information content (AvgIpc) is 2.15. The first-order chi connectivity index (χ1) is 7.04. The molecule has 0 N–H and O–H groups in total. The molecular formula is C12H14N2O. The molecule has 3 heteroatoms. The standard InChI is InChI=1S/C12H14N2O/c1-12(2,3)15-10-4-5-11-9(8-10)6-7-13-14-11/h4-8H,1-3H3. The molecule has 0 bridgehead atoms. The molecule has 0 aliphatic heterocycles. The Kier molecular flexibility index (Phi) is 2.31. The molecule has 0 aliphatic rings. The van der Waals surface area contributed by atoms with Crippen molar-refractivity contribution in [2.75, 3.05) is 0 Å². The number of hydrogen-bond acceptors (Lipinski definition) is 3. The number of rotatable bonds is 1. The lowest BCUT2D eigenvalue weighted by Crippen LogP contribution is -2.22. The van der Waals surface area contributed by atoms with Gasteiger partial charge in [-0.3, -0.25) is 0 Å². The molecule has 0 atom stereocenters. The van der Waals surface area contributed by atoms with Gasteiger partial charge in [0.15, 0.2) is 0 Å². The van der Waals surface area contributed by atoms with Crippen LogP contribution in [0.3, 0.4) is 0 Å². The molecule has 0 unspecified atom stereocenters. The van der Waals surface area contributed by atoms with E-state index in [4.69, 9.17) is 4.74 Å². The third-order valence-electron chi connectivity index (χ3n) is 1.91. The normalized spacial score (nSPS) is 11.7. The summed E-state index contributed by atoms with van der Waals surface area (Å²) in [6, 6.07) is 7.75. The molecule has 0 spiro atoms. The molecule has 1 heterocycles. The minimum atomic E-state index is -0.172. The molecule has 0 fully saturated rings. The molecule has 2 aromatic rings. The van der Waals surface area contributed by atoms with Crippen molar-refractivity contribution >= 4 is 10.9 Å². The molecule has 0 saturated heterocycles. The number of aromatic nitrogens is 2. The fourth-order valence-electron chi connectivity index (χ4n) is 1.38. The Labute approximate surface area is 89.1 Å². The second-order valence-corrected chi connectivity index (χ2v) is 4.47. The first-order valence-corrected chi connectivity index (χ1v) is 4.95. The number of fused-ring (bicyclic) bond motifs is 1. The molecule has 0 radical (unpaired) electrons. The molecule has 1 aromatic heterocycles. The third kappa shape index (κ3) is 2.43. The van der Waals surface area contributed by atoms with Crippen LogP contribution in [0.25, 0.3) is 10.9 Å². The van der Waals surface area contributed by atoms with Crippen LogP contribution < -0.4 is 4.74 Å². The molecule has 0 amide bonds. The highest BCUT2D eigenvalue weighted by molar-refractivity contribution is 5.79. The Hall–Kier alpha value is -1.64. The van der Waals surface area contributed by atoms with E-state index in [0.717, 1.165) is 16.7 Å². The first-order valence-electron chi connectivity index (χ1n) is 4.95. The monoisotopic (exact) mass is 202 g/mol. The van der Waals surface area contributed by atoms with Gasteiger partial charge in [0, 0.05) is 5.39 Å². The first kappa shape index (κ1) is 9.90. The fourth-order valence-corrected chi connectivity index (χ4v) is 1.38. The van der Waals surface area contributed by atoms with E-state index < -0.39 is 0 Å². The van der Waals surface area contributed by atoms with Gasteiger partial charge >= 0.3 is 0 Å². The molecular weight excluding hydrogens is 188 g/mol. The summed E-state index contributed by atoms with van der Waals surface area (Å²) >= 11 is 0. The Morgan fingerprint density at radius 2 is 1.93 bits per heavy atom. The Morgan fingerprint density at radius 1 is 1.13 bits per heavy atom. The molecule has 1 aromatic carbocycles. The van der Waals surface area contributed by atoms with Crippen molar-refractivity contribution in [2.24, 2.45) is 0 Å². The Bertz CT molecular complexity index is 474. The van der Waals surface area contributed by atoms with Gasteiger partial charge in [-0.05, 0) is 45.0 Å². The van der Waals surface area contributed by atoms with Crippen molar-refractivity contribution in [1.82, 2.24) is 10.2 Å². The summed E-state index contributed by atoms with van der Waals surface area (Å²) in [5, 5.41) is 8.89. The van der Waals surface area contributed by atoms with Crippen LogP contribution in [0.4, 0.5) is 0 Å². The highest BCUT2D eigenvalue weighted by atomic mass is 16.5. The van der Waals surface area contributed by atoms with Gasteiger partial charge in [-0.25, -0.2) is 0 Å². The van der Waals surface area contributed by atoms with Crippen molar-refractivity contribution < 1.29 is 4.74 Å². The largest absolute Gasteiger partial charge is 0.488 e. The van der Waals surface area contributed by atoms with Gasteiger partial charge in [-0.1, -0.05) is 0 Å². The summed E-state index contributed by atoms with van der Waals surface area (Å²) in [5.74, 6) is 0.864. The maximum Gasteiger partial charge on any atom is 0.120 e. The van der Waals surface area contributed by atoms with Gasteiger partial charge in [0.1, 0.15) is 11.4 Å². The number of benzene rings is 1. The van der Waals surface area contributed by atoms with E-state index in [1.807, 2.05) is 45.0 Å². The van der Waals surface area contributed by atoms with Gasteiger partial charge in [-0.15, -0.1) is 0 Å². The van der Waals surface area contributed by atoms with Gasteiger partial charge < -0.3 is 4.74 Å². The smallest absolute Gasteiger partial charge is 0.120 e. The van der Waals surface area contributed by atoms with Gasteiger partial charge in [0.05, 0.1) is 11.7 Å². The van der Waals surface area contributed by atoms with Crippen LogP contribution in [0, 0.1) is 0 Å². The Morgan fingerprint density at radius 3 is 2.67 bits per heavy atom. The zero-order chi connectivity index (χ0) is 10.9. The minimum absolute atomic E-state index is 0.172. The lowest BCUT2D eigenvalue weighted by atomic mass is 10.2. The van der Waals surface area contributed by atoms with E-state index in [-0.39, 0.29) is 5.60 Å². The second-order valence-electron chi connectivity index (χ2n) is 4.47. The van der Waals surface area contributed by atoms with Crippen LogP contribution in [-0.2, 0) is 0 Å². The van der Waals surface area contributed by atoms with E-state index in [1.165, 1.54) is 0 Å². The molecule has 78 valence electrons. The zero-order valence-corrected chi connectivity index (χ0v) is 9.19. The maximum atomic E-state index is 5.76. The van der Waals surface area contributed by atoms with Crippen LogP contribution >= 0.6 is 0 Å². The lowest BCUT2D eigenvalue weighted by molar-refractivity contribution is 0.131. The van der Waals surface area contributed by atoms with E-state index in [0.29, 0.717) is 0 Å². The molecule has 0 aliphatic carbocycles. The fraction of sp³-hybridized carbons (Fsp3) is 0.333. The van der Waals surface area contributed by atoms with Gasteiger partial charge in [0.25, 0.3) is 0 Å². The lowest BCUT2D eigenvalue weighted by Gasteiger charge is -2.21. The van der Waals surface area contributed by atoms with Crippen molar-refractivity contribution in [3.63, 3.8) is 0 Å². The minimum Gasteiger partial charge on any atom is -0.488 e. The van der Waals surface area contributed by atoms with E-state index in [1.54, 1.807) is 6.20 Å². The maximum absolute atomic E-state index is 5.76. The summed E-state index contributed by atoms with van der Waals surface area (Å²) in [7, 11) is 0. The molecule has 3 nitrogen and oxygen atoms in total. The molecule has 0 saturated carbocycles. The number of hydrogen-bond donors (Lipinski definition) is 0. The average molecular weight is 202 g/mol. The zero-order valence-electron chi connectivity index (χ0n) is 9.19. The Balaban J connectivity index is 2.39. The summed E-state index contributed by atoms with van der Waals surface area (Å²) in [4.78, 5) is 0. The van der Waals surface area contributed by atoms with E-state index in [9.17, 15) is 0 Å². The SMILES string of the molecule is CC(C)(C)Oc1ccc2nnccc2c1. The summed E-state index contributed by atoms with van der Waals surface area (Å²) in [6.07, 6.45) is 1.68. The van der Waals surface area contributed by atoms with Crippen LogP contribution in [0.15, 0.2) is 30.5 Å². The predicted molar refractivity (Wildman–Crippen MR) is 59.9 cm³/mol. The van der Waals surface area contributed by atoms with Gasteiger partial charge in [-0.2, -0.15) is 10.2 Å². The second kappa shape index (κ2) is 3.50. The number of nitrogens with zero attached hydrogens (tertiary/aromatic N) is 2. The van der Waals surface area contributed by atoms with Crippen LogP contribution in [0.2, 0.25) is 0 Å². The molecule has 2 rings (SSSR count). The van der Waals surface area contributed by atoms with Crippen molar-refractivity contribution in [3.05, 3.63) is 30.5 Å². The highest BCUT2D eigenvalue weighted by Gasteiger charge is 2.11. The summed E-state index contributed by atoms with van der Waals surface area (Å²) in [5.41, 5.74) is 0.715. The predicted octanol–water partition coefficient (Wildman–Crippen LogP) is 2.81. The van der Waals surface area contributed by atoms with Crippen LogP contribution in [-0.4, -0.2) is 15.8 Å². The number of ether oxygens (including phenoxy) is 1. The van der Waals surface area contributed by atoms with Crippen LogP contribution in [0.5, 0.6) is 5.75 Å². The quantitative estimate of drug-likeness (QED) is 0.713. The van der Waals surface area contributed by atoms with E-state index in [2.05, 4.69) is 10.2 Å². The summed E-state index contributed by atoms with van der Waals surface area (Å²) in [6.45, 7) is 6.09. The highest BCUT2D eigenvalue weighted by Crippen LogP contribution is 2.22. The van der Waals surface area contributed by atoms with Crippen molar-refractivity contribution in [1.29, 1.82) is 0 Å². The van der Waals surface area contributed by atoms with Crippen molar-refractivity contribution in [3.8, 4) is 5.75 Å². The third-order valence-corrected chi connectivity index (χ3v) is 1.91. The van der Waals surface area contributed by atoms with Crippen LogP contribution in [0.1, 0.15) is 20.8 Å².